The molecule has 1 aliphatic carbocycles. The molecule has 39 heavy (non-hydrogen) atoms. The van der Waals surface area contributed by atoms with Gasteiger partial charge < -0.3 is 25.6 Å². The van der Waals surface area contributed by atoms with E-state index in [9.17, 15) is 4.79 Å². The van der Waals surface area contributed by atoms with Crippen molar-refractivity contribution in [3.8, 4) is 0 Å². The Bertz CT molecular complexity index is 870. The number of ether oxygens (including phenoxy) is 1. The first-order valence-corrected chi connectivity index (χ1v) is 16.3. The summed E-state index contributed by atoms with van der Waals surface area (Å²) in [7, 11) is 0. The van der Waals surface area contributed by atoms with E-state index in [1.54, 1.807) is 0 Å². The normalized spacial score (nSPS) is 49.3. The second-order valence-electron chi connectivity index (χ2n) is 13.3. The topological polar surface area (TPSA) is 80.9 Å². The molecule has 2 amide bonds. The molecule has 2 bridgehead atoms. The van der Waals surface area contributed by atoms with Gasteiger partial charge in [-0.15, -0.1) is 11.6 Å². The van der Waals surface area contributed by atoms with Crippen molar-refractivity contribution in [2.45, 2.75) is 132 Å². The Morgan fingerprint density at radius 2 is 1.97 bits per heavy atom. The largest absolute Gasteiger partial charge is 0.378 e. The standard InChI is InChI=1S/C29H50ClFN6O2/c1-4-6-22-26-18(9-11-32-22)10-12-39-23-8-5-7-21(31)24(23)25-20(30)13-19-27(35-29(38)37(26)28(19)34-25)36-15-16(2)33-14-17(36)3/h16-28,32-34H,4-15H2,1-3H3,(H,35,38)/t16-,17+,18?,19?,20?,21?,22?,23?,24?,25?,26?,27?,28?/m1/s1. The van der Waals surface area contributed by atoms with Gasteiger partial charge in [-0.2, -0.15) is 0 Å². The summed E-state index contributed by atoms with van der Waals surface area (Å²) >= 11 is 7.24. The van der Waals surface area contributed by atoms with E-state index in [-0.39, 0.29) is 59.8 Å². The summed E-state index contributed by atoms with van der Waals surface area (Å²) in [6.45, 7) is 10.0. The average molecular weight is 569 g/mol. The lowest BCUT2D eigenvalue weighted by Gasteiger charge is -2.60. The second-order valence-corrected chi connectivity index (χ2v) is 13.9. The maximum absolute atomic E-state index is 15.7. The molecule has 222 valence electrons. The van der Waals surface area contributed by atoms with Crippen molar-refractivity contribution in [1.82, 2.24) is 31.1 Å². The third-order valence-electron chi connectivity index (χ3n) is 10.8. The van der Waals surface area contributed by atoms with E-state index in [1.807, 2.05) is 0 Å². The van der Waals surface area contributed by atoms with Crippen molar-refractivity contribution in [3.05, 3.63) is 0 Å². The van der Waals surface area contributed by atoms with Gasteiger partial charge in [-0.1, -0.05) is 13.3 Å². The van der Waals surface area contributed by atoms with Crippen molar-refractivity contribution < 1.29 is 13.9 Å². The lowest BCUT2D eigenvalue weighted by Crippen LogP contribution is -2.79. The van der Waals surface area contributed by atoms with Crippen LogP contribution in [0.4, 0.5) is 9.18 Å². The molecular formula is C29H50ClFN6O2. The third kappa shape index (κ3) is 5.34. The predicted octanol–water partition coefficient (Wildman–Crippen LogP) is 3.01. The van der Waals surface area contributed by atoms with Crippen LogP contribution in [0.15, 0.2) is 0 Å². The highest BCUT2D eigenvalue weighted by atomic mass is 35.5. The van der Waals surface area contributed by atoms with E-state index in [4.69, 9.17) is 16.3 Å². The van der Waals surface area contributed by atoms with E-state index in [2.05, 4.69) is 51.8 Å². The third-order valence-corrected chi connectivity index (χ3v) is 11.3. The highest BCUT2D eigenvalue weighted by molar-refractivity contribution is 6.21. The molecule has 0 aromatic rings. The van der Waals surface area contributed by atoms with E-state index < -0.39 is 6.17 Å². The molecule has 8 nitrogen and oxygen atoms in total. The van der Waals surface area contributed by atoms with Gasteiger partial charge in [0.15, 0.2) is 0 Å². The zero-order valence-corrected chi connectivity index (χ0v) is 24.7. The fourth-order valence-electron chi connectivity index (χ4n) is 8.97. The SMILES string of the molecule is CCCC1NCCC2CCOC3CCCC(F)C3C3NC4C(CC3Cl)C(N3C[C@@H](C)NC[C@@H]3C)NC(=O)N4C21. The number of nitrogens with one attached hydrogen (secondary N) is 4. The molecule has 0 spiro atoms. The summed E-state index contributed by atoms with van der Waals surface area (Å²) in [4.78, 5) is 18.9. The summed E-state index contributed by atoms with van der Waals surface area (Å²) in [5.41, 5.74) is 0. The van der Waals surface area contributed by atoms with Crippen LogP contribution in [0.1, 0.15) is 72.1 Å². The molecule has 6 fully saturated rings. The number of alkyl halides is 2. The van der Waals surface area contributed by atoms with Gasteiger partial charge in [0.05, 0.1) is 24.5 Å². The van der Waals surface area contributed by atoms with Crippen molar-refractivity contribution in [2.75, 3.05) is 26.2 Å². The Morgan fingerprint density at radius 1 is 1.13 bits per heavy atom. The fourth-order valence-corrected chi connectivity index (χ4v) is 9.42. The van der Waals surface area contributed by atoms with Crippen LogP contribution in [0.25, 0.3) is 0 Å². The first-order valence-electron chi connectivity index (χ1n) is 15.8. The number of fused-ring (bicyclic) bond motifs is 5. The Morgan fingerprint density at radius 3 is 2.79 bits per heavy atom. The number of nitrogens with zero attached hydrogens (tertiary/aromatic N) is 2. The predicted molar refractivity (Wildman–Crippen MR) is 151 cm³/mol. The quantitative estimate of drug-likeness (QED) is 0.392. The Labute approximate surface area is 238 Å². The van der Waals surface area contributed by atoms with Crippen LogP contribution in [0.2, 0.25) is 0 Å². The van der Waals surface area contributed by atoms with E-state index in [1.165, 1.54) is 0 Å². The van der Waals surface area contributed by atoms with Gasteiger partial charge in [0.1, 0.15) is 6.17 Å². The van der Waals surface area contributed by atoms with Crippen LogP contribution in [0.3, 0.4) is 0 Å². The second kappa shape index (κ2) is 11.9. The zero-order chi connectivity index (χ0) is 27.3. The molecule has 0 aromatic heterocycles. The van der Waals surface area contributed by atoms with Crippen LogP contribution in [0, 0.1) is 17.8 Å². The molecule has 4 N–H and O–H groups in total. The van der Waals surface area contributed by atoms with E-state index >= 15 is 4.39 Å². The van der Waals surface area contributed by atoms with Gasteiger partial charge in [-0.3, -0.25) is 10.2 Å². The molecule has 0 radical (unpaired) electrons. The van der Waals surface area contributed by atoms with Crippen molar-refractivity contribution in [2.24, 2.45) is 17.8 Å². The number of amides is 2. The lowest BCUT2D eigenvalue weighted by molar-refractivity contribution is -0.0827. The highest BCUT2D eigenvalue weighted by Crippen LogP contribution is 2.44. The van der Waals surface area contributed by atoms with Crippen molar-refractivity contribution >= 4 is 17.6 Å². The molecule has 1 saturated carbocycles. The first kappa shape index (κ1) is 28.4. The minimum atomic E-state index is -0.938. The fraction of sp³-hybridized carbons (Fsp3) is 0.966. The van der Waals surface area contributed by atoms with Crippen molar-refractivity contribution in [1.29, 1.82) is 0 Å². The number of rotatable bonds is 3. The summed E-state index contributed by atoms with van der Waals surface area (Å²) in [5, 5.41) is 14.5. The minimum Gasteiger partial charge on any atom is -0.378 e. The molecular weight excluding hydrogens is 519 g/mol. The first-order chi connectivity index (χ1) is 18.9. The van der Waals surface area contributed by atoms with Crippen LogP contribution >= 0.6 is 11.6 Å². The number of hydrogen-bond acceptors (Lipinski definition) is 6. The Kier molecular flexibility index (Phi) is 8.66. The van der Waals surface area contributed by atoms with Gasteiger partial charge in [-0.05, 0) is 71.3 Å². The smallest absolute Gasteiger partial charge is 0.320 e. The van der Waals surface area contributed by atoms with Crippen LogP contribution < -0.4 is 21.3 Å². The molecule has 13 atom stereocenters. The Hall–Kier alpha value is -0.710. The van der Waals surface area contributed by atoms with Crippen molar-refractivity contribution in [3.63, 3.8) is 0 Å². The maximum atomic E-state index is 15.7. The summed E-state index contributed by atoms with van der Waals surface area (Å²) in [6.07, 6.45) is 5.73. The van der Waals surface area contributed by atoms with Crippen LogP contribution in [0.5, 0.6) is 0 Å². The van der Waals surface area contributed by atoms with Gasteiger partial charge in [-0.25, -0.2) is 9.18 Å². The summed E-state index contributed by atoms with van der Waals surface area (Å²) in [6, 6.07) is 0.746. The number of urea groups is 1. The highest BCUT2D eigenvalue weighted by Gasteiger charge is 2.57. The number of hydrogen-bond donors (Lipinski definition) is 4. The van der Waals surface area contributed by atoms with E-state index in [0.717, 1.165) is 64.6 Å². The molecule has 6 aliphatic rings. The average Bonchev–Trinajstić information content (AvgIpc) is 2.93. The lowest BCUT2D eigenvalue weighted by atomic mass is 9.73. The number of piperidine rings is 2. The van der Waals surface area contributed by atoms with Gasteiger partial charge in [0.25, 0.3) is 0 Å². The van der Waals surface area contributed by atoms with Crippen LogP contribution in [-0.4, -0.2) is 102 Å². The molecule has 5 heterocycles. The number of piperazine rings is 1. The zero-order valence-electron chi connectivity index (χ0n) is 24.0. The molecule has 5 aliphatic heterocycles. The number of carbonyl (C=O) groups is 1. The van der Waals surface area contributed by atoms with Gasteiger partial charge >= 0.3 is 6.03 Å². The molecule has 5 saturated heterocycles. The molecule has 0 aromatic carbocycles. The summed E-state index contributed by atoms with van der Waals surface area (Å²) < 4.78 is 22.2. The molecule has 11 unspecified atom stereocenters. The summed E-state index contributed by atoms with van der Waals surface area (Å²) in [5.74, 6) is 0.176. The molecule has 6 rings (SSSR count). The number of halogens is 2. The van der Waals surface area contributed by atoms with Gasteiger partial charge in [0.2, 0.25) is 0 Å². The number of carbonyl (C=O) groups excluding carboxylic acids is 1. The Balaban J connectivity index is 1.40. The minimum absolute atomic E-state index is 0.0101. The molecule has 10 heteroatoms. The van der Waals surface area contributed by atoms with Crippen LogP contribution in [-0.2, 0) is 4.74 Å². The van der Waals surface area contributed by atoms with E-state index in [0.29, 0.717) is 31.0 Å². The maximum Gasteiger partial charge on any atom is 0.320 e. The monoisotopic (exact) mass is 568 g/mol. The van der Waals surface area contributed by atoms with Gasteiger partial charge in [0, 0.05) is 61.1 Å².